The molecule has 1 saturated heterocycles. The van der Waals surface area contributed by atoms with Crippen LogP contribution in [-0.2, 0) is 0 Å². The monoisotopic (exact) mass is 282 g/mol. The number of rotatable bonds is 3. The first-order valence-corrected chi connectivity index (χ1v) is 6.93. The number of carbonyl (C=O) groups excluding carboxylic acids is 1. The van der Waals surface area contributed by atoms with Crippen molar-refractivity contribution in [2.45, 2.75) is 31.8 Å². The largest absolute Gasteiger partial charge is 0.394 e. The third-order valence-corrected chi connectivity index (χ3v) is 3.81. The average Bonchev–Trinajstić information content (AvgIpc) is 2.87. The van der Waals surface area contributed by atoms with Crippen molar-refractivity contribution in [3.8, 4) is 0 Å². The van der Waals surface area contributed by atoms with Crippen LogP contribution in [0.15, 0.2) is 24.3 Å². The Bertz CT molecular complexity index is 436. The quantitative estimate of drug-likeness (QED) is 0.895. The summed E-state index contributed by atoms with van der Waals surface area (Å²) in [5.74, 6) is 0. The average molecular weight is 283 g/mol. The van der Waals surface area contributed by atoms with Gasteiger partial charge in [0.15, 0.2) is 0 Å². The van der Waals surface area contributed by atoms with Gasteiger partial charge in [-0.25, -0.2) is 4.79 Å². The second-order valence-electron chi connectivity index (χ2n) is 4.89. The van der Waals surface area contributed by atoms with E-state index in [-0.39, 0.29) is 24.7 Å². The van der Waals surface area contributed by atoms with Crippen molar-refractivity contribution in [2.24, 2.45) is 0 Å². The summed E-state index contributed by atoms with van der Waals surface area (Å²) in [7, 11) is 0. The molecule has 0 aromatic heterocycles. The van der Waals surface area contributed by atoms with Crippen LogP contribution in [0.25, 0.3) is 0 Å². The molecule has 2 atom stereocenters. The van der Waals surface area contributed by atoms with Gasteiger partial charge in [-0.05, 0) is 37.5 Å². The normalized spacial score (nSPS) is 20.4. The molecule has 0 saturated carbocycles. The summed E-state index contributed by atoms with van der Waals surface area (Å²) in [5.41, 5.74) is 1.01. The fourth-order valence-corrected chi connectivity index (χ4v) is 2.52. The Labute approximate surface area is 118 Å². The second kappa shape index (κ2) is 6.26. The second-order valence-corrected chi connectivity index (χ2v) is 5.33. The summed E-state index contributed by atoms with van der Waals surface area (Å²) < 4.78 is 0. The Kier molecular flexibility index (Phi) is 4.66. The first-order chi connectivity index (χ1) is 9.11. The van der Waals surface area contributed by atoms with E-state index in [1.165, 1.54) is 0 Å². The Morgan fingerprint density at radius 2 is 2.21 bits per heavy atom. The van der Waals surface area contributed by atoms with Crippen molar-refractivity contribution in [2.75, 3.05) is 13.2 Å². The number of nitrogens with one attached hydrogen (secondary N) is 1. The molecule has 1 unspecified atom stereocenters. The van der Waals surface area contributed by atoms with E-state index in [0.29, 0.717) is 11.6 Å². The molecule has 1 aliphatic heterocycles. The molecule has 2 N–H and O–H groups in total. The molecular formula is C14H19ClN2O2. The zero-order valence-electron chi connectivity index (χ0n) is 11.0. The number of nitrogens with zero attached hydrogens (tertiary/aromatic N) is 1. The molecule has 2 amide bonds. The Hall–Kier alpha value is -1.26. The van der Waals surface area contributed by atoms with Gasteiger partial charge in [0, 0.05) is 11.6 Å². The summed E-state index contributed by atoms with van der Waals surface area (Å²) in [5, 5.41) is 12.9. The standard InChI is InChI=1S/C14H19ClN2O2/c1-10(11-4-6-12(15)7-5-11)16-14(19)17-8-2-3-13(17)9-18/h4-7,10,13,18H,2-3,8-9H2,1H3,(H,16,19)/t10?,13-/m0/s1. The van der Waals surface area contributed by atoms with Crippen molar-refractivity contribution in [1.82, 2.24) is 10.2 Å². The number of halogens is 1. The van der Waals surface area contributed by atoms with Crippen molar-refractivity contribution in [3.05, 3.63) is 34.9 Å². The highest BCUT2D eigenvalue weighted by Gasteiger charge is 2.28. The smallest absolute Gasteiger partial charge is 0.318 e. The minimum atomic E-state index is -0.112. The van der Waals surface area contributed by atoms with Gasteiger partial charge in [0.1, 0.15) is 0 Å². The van der Waals surface area contributed by atoms with Crippen molar-refractivity contribution >= 4 is 17.6 Å². The minimum absolute atomic E-state index is 0.0305. The topological polar surface area (TPSA) is 52.6 Å². The van der Waals surface area contributed by atoms with E-state index in [1.54, 1.807) is 4.90 Å². The first-order valence-electron chi connectivity index (χ1n) is 6.55. The number of amides is 2. The van der Waals surface area contributed by atoms with Gasteiger partial charge in [-0.15, -0.1) is 0 Å². The third-order valence-electron chi connectivity index (χ3n) is 3.56. The summed E-state index contributed by atoms with van der Waals surface area (Å²) in [6, 6.07) is 7.19. The van der Waals surface area contributed by atoms with E-state index in [9.17, 15) is 9.90 Å². The lowest BCUT2D eigenvalue weighted by Gasteiger charge is -2.25. The Balaban J connectivity index is 1.96. The molecule has 0 aliphatic carbocycles. The molecule has 104 valence electrons. The summed E-state index contributed by atoms with van der Waals surface area (Å²) in [6.45, 7) is 2.68. The fourth-order valence-electron chi connectivity index (χ4n) is 2.40. The molecule has 0 spiro atoms. The summed E-state index contributed by atoms with van der Waals surface area (Å²) in [6.07, 6.45) is 1.83. The molecule has 2 rings (SSSR count). The van der Waals surface area contributed by atoms with Crippen LogP contribution in [0.1, 0.15) is 31.4 Å². The van der Waals surface area contributed by atoms with E-state index >= 15 is 0 Å². The lowest BCUT2D eigenvalue weighted by atomic mass is 10.1. The van der Waals surface area contributed by atoms with Crippen molar-refractivity contribution in [1.29, 1.82) is 0 Å². The van der Waals surface area contributed by atoms with Gasteiger partial charge in [0.05, 0.1) is 18.7 Å². The number of likely N-dealkylation sites (tertiary alicyclic amines) is 1. The van der Waals surface area contributed by atoms with Gasteiger partial charge in [-0.3, -0.25) is 0 Å². The van der Waals surface area contributed by atoms with Crippen LogP contribution in [0.3, 0.4) is 0 Å². The SMILES string of the molecule is CC(NC(=O)N1CCC[C@H]1CO)c1ccc(Cl)cc1. The predicted molar refractivity (Wildman–Crippen MR) is 75.2 cm³/mol. The van der Waals surface area contributed by atoms with Crippen LogP contribution in [0.2, 0.25) is 5.02 Å². The van der Waals surface area contributed by atoms with Gasteiger partial charge in [-0.1, -0.05) is 23.7 Å². The van der Waals surface area contributed by atoms with Gasteiger partial charge in [0.25, 0.3) is 0 Å². The van der Waals surface area contributed by atoms with Gasteiger partial charge >= 0.3 is 6.03 Å². The highest BCUT2D eigenvalue weighted by molar-refractivity contribution is 6.30. The summed E-state index contributed by atoms with van der Waals surface area (Å²) >= 11 is 5.84. The van der Waals surface area contributed by atoms with Crippen LogP contribution < -0.4 is 5.32 Å². The zero-order chi connectivity index (χ0) is 13.8. The molecule has 1 aromatic carbocycles. The van der Waals surface area contributed by atoms with Crippen molar-refractivity contribution < 1.29 is 9.90 Å². The van der Waals surface area contributed by atoms with E-state index < -0.39 is 0 Å². The minimum Gasteiger partial charge on any atom is -0.394 e. The van der Waals surface area contributed by atoms with Gasteiger partial charge < -0.3 is 15.3 Å². The zero-order valence-corrected chi connectivity index (χ0v) is 11.7. The number of aliphatic hydroxyl groups excluding tert-OH is 1. The van der Waals surface area contributed by atoms with Crippen LogP contribution in [0, 0.1) is 0 Å². The number of benzene rings is 1. The molecular weight excluding hydrogens is 264 g/mol. The molecule has 1 aliphatic rings. The fraction of sp³-hybridized carbons (Fsp3) is 0.500. The lowest BCUT2D eigenvalue weighted by molar-refractivity contribution is 0.155. The molecule has 4 nitrogen and oxygen atoms in total. The molecule has 1 heterocycles. The molecule has 5 heteroatoms. The van der Waals surface area contributed by atoms with Gasteiger partial charge in [-0.2, -0.15) is 0 Å². The lowest BCUT2D eigenvalue weighted by Crippen LogP contribution is -2.44. The number of aliphatic hydroxyl groups is 1. The third kappa shape index (κ3) is 3.39. The van der Waals surface area contributed by atoms with Crippen LogP contribution in [-0.4, -0.2) is 35.2 Å². The molecule has 0 radical (unpaired) electrons. The van der Waals surface area contributed by atoms with E-state index in [0.717, 1.165) is 18.4 Å². The molecule has 19 heavy (non-hydrogen) atoms. The Morgan fingerprint density at radius 1 is 1.53 bits per heavy atom. The number of carbonyl (C=O) groups is 1. The maximum atomic E-state index is 12.1. The number of hydrogen-bond donors (Lipinski definition) is 2. The van der Waals surface area contributed by atoms with E-state index in [4.69, 9.17) is 11.6 Å². The predicted octanol–water partition coefficient (Wildman–Crippen LogP) is 2.57. The number of hydrogen-bond acceptors (Lipinski definition) is 2. The highest BCUT2D eigenvalue weighted by Crippen LogP contribution is 2.19. The van der Waals surface area contributed by atoms with Gasteiger partial charge in [0.2, 0.25) is 0 Å². The first kappa shape index (κ1) is 14.2. The maximum absolute atomic E-state index is 12.1. The maximum Gasteiger partial charge on any atom is 0.318 e. The van der Waals surface area contributed by atoms with Crippen LogP contribution >= 0.6 is 11.6 Å². The van der Waals surface area contributed by atoms with Crippen molar-refractivity contribution in [3.63, 3.8) is 0 Å². The molecule has 0 bridgehead atoms. The molecule has 1 aromatic rings. The molecule has 1 fully saturated rings. The van der Waals surface area contributed by atoms with E-state index in [2.05, 4.69) is 5.32 Å². The number of urea groups is 1. The highest BCUT2D eigenvalue weighted by atomic mass is 35.5. The van der Waals surface area contributed by atoms with Crippen LogP contribution in [0.5, 0.6) is 0 Å². The van der Waals surface area contributed by atoms with Crippen LogP contribution in [0.4, 0.5) is 4.79 Å². The van der Waals surface area contributed by atoms with E-state index in [1.807, 2.05) is 31.2 Å². The summed E-state index contributed by atoms with van der Waals surface area (Å²) in [4.78, 5) is 13.9. The Morgan fingerprint density at radius 3 is 2.84 bits per heavy atom.